The second-order valence-electron chi connectivity index (χ2n) is 7.09. The third-order valence-electron chi connectivity index (χ3n) is 5.35. The van der Waals surface area contributed by atoms with E-state index in [4.69, 9.17) is 0 Å². The summed E-state index contributed by atoms with van der Waals surface area (Å²) in [6.45, 7) is 5.31. The Morgan fingerprint density at radius 1 is 1.11 bits per heavy atom. The van der Waals surface area contributed by atoms with Crippen molar-refractivity contribution in [2.45, 2.75) is 25.8 Å². The molecule has 7 heteroatoms. The summed E-state index contributed by atoms with van der Waals surface area (Å²) in [5.41, 5.74) is 2.47. The van der Waals surface area contributed by atoms with E-state index in [9.17, 15) is 4.79 Å². The van der Waals surface area contributed by atoms with Gasteiger partial charge in [-0.25, -0.2) is 4.98 Å². The molecule has 1 amide bonds. The van der Waals surface area contributed by atoms with Crippen LogP contribution in [0.4, 0.5) is 0 Å². The topological polar surface area (TPSA) is 70.1 Å². The molecule has 1 aliphatic rings. The molecule has 1 aromatic carbocycles. The Kier molecular flexibility index (Phi) is 5.48. The highest BCUT2D eigenvalue weighted by Gasteiger charge is 2.20. The number of nitrogens with one attached hydrogen (secondary N) is 1. The van der Waals surface area contributed by atoms with Gasteiger partial charge in [0.25, 0.3) is 0 Å². The monoisotopic (exact) mass is 366 g/mol. The molecule has 7 nitrogen and oxygen atoms in total. The summed E-state index contributed by atoms with van der Waals surface area (Å²) in [7, 11) is 0. The van der Waals surface area contributed by atoms with E-state index in [1.54, 1.807) is 12.7 Å². The van der Waals surface area contributed by atoms with Crippen LogP contribution in [0.5, 0.6) is 0 Å². The van der Waals surface area contributed by atoms with Gasteiger partial charge >= 0.3 is 0 Å². The van der Waals surface area contributed by atoms with Gasteiger partial charge in [0.1, 0.15) is 12.7 Å². The number of rotatable bonds is 7. The largest absolute Gasteiger partial charge is 0.361 e. The van der Waals surface area contributed by atoms with Crippen LogP contribution < -0.4 is 0 Å². The van der Waals surface area contributed by atoms with Crippen molar-refractivity contribution >= 4 is 16.8 Å². The summed E-state index contributed by atoms with van der Waals surface area (Å²) in [6, 6.07) is 8.33. The summed E-state index contributed by atoms with van der Waals surface area (Å²) in [4.78, 5) is 24.2. The third-order valence-corrected chi connectivity index (χ3v) is 5.35. The van der Waals surface area contributed by atoms with E-state index in [0.29, 0.717) is 6.42 Å². The number of carbonyl (C=O) groups is 1. The minimum atomic E-state index is 0.283. The second kappa shape index (κ2) is 8.35. The Morgan fingerprint density at radius 2 is 1.96 bits per heavy atom. The Hall–Kier alpha value is -2.67. The molecular formula is C20H26N6O. The van der Waals surface area contributed by atoms with Crippen LogP contribution in [0.2, 0.25) is 0 Å². The van der Waals surface area contributed by atoms with Crippen LogP contribution in [0.1, 0.15) is 18.4 Å². The number of H-pyrrole nitrogens is 1. The van der Waals surface area contributed by atoms with Crippen LogP contribution in [0, 0.1) is 0 Å². The molecule has 142 valence electrons. The number of aryl methyl sites for hydroxylation is 1. The quantitative estimate of drug-likeness (QED) is 0.694. The van der Waals surface area contributed by atoms with E-state index in [-0.39, 0.29) is 5.91 Å². The minimum absolute atomic E-state index is 0.283. The maximum absolute atomic E-state index is 12.5. The molecule has 1 fully saturated rings. The third kappa shape index (κ3) is 4.36. The smallest absolute Gasteiger partial charge is 0.222 e. The fourth-order valence-electron chi connectivity index (χ4n) is 3.74. The Labute approximate surface area is 159 Å². The average molecular weight is 366 g/mol. The van der Waals surface area contributed by atoms with Crippen molar-refractivity contribution in [3.05, 3.63) is 48.7 Å². The van der Waals surface area contributed by atoms with Crippen LogP contribution in [0.3, 0.4) is 0 Å². The number of benzene rings is 1. The number of hydrogen-bond acceptors (Lipinski definition) is 4. The lowest BCUT2D eigenvalue weighted by molar-refractivity contribution is -0.133. The molecule has 1 saturated heterocycles. The first kappa shape index (κ1) is 17.7. The standard InChI is InChI=1S/C20H26N6O/c27-20(7-3-4-17-14-22-19-6-2-1-5-18(17)19)25-11-8-24(9-12-25)10-13-26-16-21-15-23-26/h1-2,5-6,14-16,22H,3-4,7-13H2. The highest BCUT2D eigenvalue weighted by atomic mass is 16.2. The molecular weight excluding hydrogens is 340 g/mol. The lowest BCUT2D eigenvalue weighted by atomic mass is 10.1. The zero-order valence-corrected chi connectivity index (χ0v) is 15.5. The van der Waals surface area contributed by atoms with Gasteiger partial charge < -0.3 is 9.88 Å². The maximum atomic E-state index is 12.5. The van der Waals surface area contributed by atoms with Gasteiger partial charge in [0, 0.05) is 56.2 Å². The van der Waals surface area contributed by atoms with Gasteiger partial charge in [0.05, 0.1) is 6.54 Å². The number of carbonyl (C=O) groups excluding carboxylic acids is 1. The van der Waals surface area contributed by atoms with Crippen LogP contribution in [-0.4, -0.2) is 68.2 Å². The van der Waals surface area contributed by atoms with Gasteiger partial charge in [-0.3, -0.25) is 14.4 Å². The summed E-state index contributed by atoms with van der Waals surface area (Å²) in [5.74, 6) is 0.283. The normalized spacial score (nSPS) is 15.5. The molecule has 0 saturated carbocycles. The molecule has 3 aromatic rings. The Bertz CT molecular complexity index is 864. The van der Waals surface area contributed by atoms with E-state index in [1.165, 1.54) is 16.5 Å². The van der Waals surface area contributed by atoms with Gasteiger partial charge in [-0.2, -0.15) is 5.10 Å². The van der Waals surface area contributed by atoms with Crippen molar-refractivity contribution in [2.75, 3.05) is 32.7 Å². The van der Waals surface area contributed by atoms with E-state index in [1.807, 2.05) is 15.6 Å². The lowest BCUT2D eigenvalue weighted by Crippen LogP contribution is -2.49. The zero-order valence-electron chi connectivity index (χ0n) is 15.5. The van der Waals surface area contributed by atoms with Gasteiger partial charge in [0.15, 0.2) is 0 Å². The molecule has 2 aromatic heterocycles. The molecule has 0 aliphatic carbocycles. The first-order chi connectivity index (χ1) is 13.3. The molecule has 3 heterocycles. The first-order valence-corrected chi connectivity index (χ1v) is 9.67. The molecule has 1 N–H and O–H groups in total. The zero-order chi connectivity index (χ0) is 18.5. The van der Waals surface area contributed by atoms with Crippen LogP contribution in [0.25, 0.3) is 10.9 Å². The van der Waals surface area contributed by atoms with E-state index in [2.05, 4.69) is 44.4 Å². The fraction of sp³-hybridized carbons (Fsp3) is 0.450. The van der Waals surface area contributed by atoms with Crippen molar-refractivity contribution in [3.63, 3.8) is 0 Å². The van der Waals surface area contributed by atoms with Gasteiger partial charge in [-0.1, -0.05) is 18.2 Å². The van der Waals surface area contributed by atoms with E-state index in [0.717, 1.165) is 52.1 Å². The number of hydrogen-bond donors (Lipinski definition) is 1. The number of para-hydroxylation sites is 1. The number of aromatic nitrogens is 4. The Balaban J connectivity index is 1.18. The maximum Gasteiger partial charge on any atom is 0.222 e. The SMILES string of the molecule is O=C(CCCc1c[nH]c2ccccc12)N1CCN(CCn2cncn2)CC1. The van der Waals surface area contributed by atoms with Crippen molar-refractivity contribution < 1.29 is 4.79 Å². The molecule has 0 atom stereocenters. The van der Waals surface area contributed by atoms with Crippen molar-refractivity contribution in [1.82, 2.24) is 29.5 Å². The predicted octanol–water partition coefficient (Wildman–Crippen LogP) is 1.93. The molecule has 1 aliphatic heterocycles. The molecule has 0 radical (unpaired) electrons. The Morgan fingerprint density at radius 3 is 2.78 bits per heavy atom. The van der Waals surface area contributed by atoms with Gasteiger partial charge in [-0.05, 0) is 24.5 Å². The summed E-state index contributed by atoms with van der Waals surface area (Å²) in [5, 5.41) is 5.40. The van der Waals surface area contributed by atoms with Gasteiger partial charge in [-0.15, -0.1) is 0 Å². The molecule has 0 spiro atoms. The van der Waals surface area contributed by atoms with Crippen molar-refractivity contribution in [3.8, 4) is 0 Å². The number of amides is 1. The highest BCUT2D eigenvalue weighted by Crippen LogP contribution is 2.19. The molecule has 4 rings (SSSR count). The van der Waals surface area contributed by atoms with E-state index < -0.39 is 0 Å². The summed E-state index contributed by atoms with van der Waals surface area (Å²) in [6.07, 6.45) is 7.84. The van der Waals surface area contributed by atoms with Crippen LogP contribution in [-0.2, 0) is 17.8 Å². The van der Waals surface area contributed by atoms with Crippen molar-refractivity contribution in [2.24, 2.45) is 0 Å². The summed E-state index contributed by atoms with van der Waals surface area (Å²) >= 11 is 0. The minimum Gasteiger partial charge on any atom is -0.361 e. The number of nitrogens with zero attached hydrogens (tertiary/aromatic N) is 5. The second-order valence-corrected chi connectivity index (χ2v) is 7.09. The number of fused-ring (bicyclic) bond motifs is 1. The van der Waals surface area contributed by atoms with Gasteiger partial charge in [0.2, 0.25) is 5.91 Å². The summed E-state index contributed by atoms with van der Waals surface area (Å²) < 4.78 is 1.85. The van der Waals surface area contributed by atoms with E-state index >= 15 is 0 Å². The molecule has 27 heavy (non-hydrogen) atoms. The number of aromatic amines is 1. The van der Waals surface area contributed by atoms with Crippen LogP contribution in [0.15, 0.2) is 43.1 Å². The first-order valence-electron chi connectivity index (χ1n) is 9.67. The number of piperazine rings is 1. The molecule has 0 unspecified atom stereocenters. The molecule has 0 bridgehead atoms. The van der Waals surface area contributed by atoms with Crippen LogP contribution >= 0.6 is 0 Å². The highest BCUT2D eigenvalue weighted by molar-refractivity contribution is 5.83. The van der Waals surface area contributed by atoms with Crippen molar-refractivity contribution in [1.29, 1.82) is 0 Å². The fourth-order valence-corrected chi connectivity index (χ4v) is 3.74. The lowest BCUT2D eigenvalue weighted by Gasteiger charge is -2.34. The average Bonchev–Trinajstić information content (AvgIpc) is 3.37. The predicted molar refractivity (Wildman–Crippen MR) is 104 cm³/mol.